The first-order valence-corrected chi connectivity index (χ1v) is 6.95. The molecule has 0 radical (unpaired) electrons. The summed E-state index contributed by atoms with van der Waals surface area (Å²) in [7, 11) is 0. The number of carbonyl (C=O) groups is 1. The van der Waals surface area contributed by atoms with Gasteiger partial charge in [0, 0.05) is 28.5 Å². The molecule has 1 aliphatic heterocycles. The molecular formula is C16H15ClN2O. The Hall–Kier alpha value is -2.00. The lowest BCUT2D eigenvalue weighted by molar-refractivity contribution is -0.117. The Morgan fingerprint density at radius 3 is 2.85 bits per heavy atom. The van der Waals surface area contributed by atoms with Crippen LogP contribution in [0.2, 0.25) is 5.02 Å². The molecule has 102 valence electrons. The van der Waals surface area contributed by atoms with Crippen molar-refractivity contribution in [2.75, 3.05) is 17.2 Å². The van der Waals surface area contributed by atoms with Crippen LogP contribution in [0, 0.1) is 0 Å². The van der Waals surface area contributed by atoms with Crippen molar-refractivity contribution >= 4 is 28.9 Å². The summed E-state index contributed by atoms with van der Waals surface area (Å²) in [5.41, 5.74) is 9.66. The van der Waals surface area contributed by atoms with Crippen LogP contribution in [-0.2, 0) is 17.6 Å². The fraction of sp³-hybridized carbons (Fsp3) is 0.188. The second-order valence-electron chi connectivity index (χ2n) is 4.95. The number of nitrogens with two attached hydrogens (primary N) is 1. The zero-order valence-electron chi connectivity index (χ0n) is 11.0. The molecule has 2 aromatic carbocycles. The molecule has 0 saturated heterocycles. The van der Waals surface area contributed by atoms with E-state index in [1.54, 1.807) is 6.07 Å². The first-order chi connectivity index (χ1) is 9.65. The zero-order valence-corrected chi connectivity index (χ0v) is 11.7. The van der Waals surface area contributed by atoms with Gasteiger partial charge in [0.2, 0.25) is 5.91 Å². The molecule has 1 heterocycles. The lowest BCUT2D eigenvalue weighted by Crippen LogP contribution is -2.30. The predicted molar refractivity (Wildman–Crippen MR) is 82.1 cm³/mol. The Bertz CT molecular complexity index is 669. The maximum atomic E-state index is 12.4. The molecule has 0 bridgehead atoms. The monoisotopic (exact) mass is 286 g/mol. The molecule has 4 heteroatoms. The van der Waals surface area contributed by atoms with E-state index in [9.17, 15) is 4.79 Å². The Morgan fingerprint density at radius 2 is 2.05 bits per heavy atom. The van der Waals surface area contributed by atoms with Gasteiger partial charge in [0.05, 0.1) is 6.42 Å². The summed E-state index contributed by atoms with van der Waals surface area (Å²) >= 11 is 5.95. The maximum absolute atomic E-state index is 12.4. The van der Waals surface area contributed by atoms with Gasteiger partial charge < -0.3 is 10.6 Å². The Kier molecular flexibility index (Phi) is 3.36. The van der Waals surface area contributed by atoms with Crippen LogP contribution < -0.4 is 10.6 Å². The fourth-order valence-electron chi connectivity index (χ4n) is 2.64. The van der Waals surface area contributed by atoms with Crippen molar-refractivity contribution in [2.24, 2.45) is 0 Å². The first-order valence-electron chi connectivity index (χ1n) is 6.57. The number of nitrogens with zero attached hydrogens (tertiary/aromatic N) is 1. The third-order valence-electron chi connectivity index (χ3n) is 3.61. The molecule has 1 aliphatic rings. The van der Waals surface area contributed by atoms with Gasteiger partial charge in [0.15, 0.2) is 0 Å². The smallest absolute Gasteiger partial charge is 0.231 e. The van der Waals surface area contributed by atoms with Gasteiger partial charge in [-0.3, -0.25) is 4.79 Å². The molecule has 0 aromatic heterocycles. The average Bonchev–Trinajstić information content (AvgIpc) is 2.84. The number of carbonyl (C=O) groups excluding carboxylic acids is 1. The van der Waals surface area contributed by atoms with E-state index in [0.29, 0.717) is 18.0 Å². The van der Waals surface area contributed by atoms with Crippen LogP contribution in [0.15, 0.2) is 42.5 Å². The molecule has 2 aromatic rings. The maximum Gasteiger partial charge on any atom is 0.231 e. The van der Waals surface area contributed by atoms with E-state index in [1.807, 2.05) is 41.3 Å². The van der Waals surface area contributed by atoms with Gasteiger partial charge >= 0.3 is 0 Å². The first kappa shape index (κ1) is 13.0. The van der Waals surface area contributed by atoms with E-state index in [-0.39, 0.29) is 5.91 Å². The molecule has 3 nitrogen and oxygen atoms in total. The van der Waals surface area contributed by atoms with Gasteiger partial charge in [-0.25, -0.2) is 0 Å². The van der Waals surface area contributed by atoms with Crippen LogP contribution >= 0.6 is 11.6 Å². The minimum Gasteiger partial charge on any atom is -0.398 e. The number of hydrogen-bond donors (Lipinski definition) is 1. The molecule has 20 heavy (non-hydrogen) atoms. The summed E-state index contributed by atoms with van der Waals surface area (Å²) < 4.78 is 0. The van der Waals surface area contributed by atoms with Crippen molar-refractivity contribution in [1.82, 2.24) is 0 Å². The molecule has 0 atom stereocenters. The van der Waals surface area contributed by atoms with Crippen molar-refractivity contribution in [1.29, 1.82) is 0 Å². The third-order valence-corrected chi connectivity index (χ3v) is 3.84. The molecule has 1 amide bonds. The molecule has 0 spiro atoms. The highest BCUT2D eigenvalue weighted by Crippen LogP contribution is 2.32. The van der Waals surface area contributed by atoms with E-state index in [1.165, 1.54) is 0 Å². The molecule has 0 unspecified atom stereocenters. The van der Waals surface area contributed by atoms with Crippen molar-refractivity contribution in [2.45, 2.75) is 12.8 Å². The van der Waals surface area contributed by atoms with Gasteiger partial charge in [0.1, 0.15) is 0 Å². The summed E-state index contributed by atoms with van der Waals surface area (Å²) in [6, 6.07) is 13.1. The number of anilines is 2. The highest BCUT2D eigenvalue weighted by Gasteiger charge is 2.25. The van der Waals surface area contributed by atoms with Crippen molar-refractivity contribution < 1.29 is 4.79 Å². The van der Waals surface area contributed by atoms with Crippen LogP contribution in [0.5, 0.6) is 0 Å². The number of nitrogen functional groups attached to an aromatic ring is 1. The van der Waals surface area contributed by atoms with E-state index < -0.39 is 0 Å². The van der Waals surface area contributed by atoms with Gasteiger partial charge in [-0.1, -0.05) is 29.8 Å². The predicted octanol–water partition coefficient (Wildman–Crippen LogP) is 3.05. The lowest BCUT2D eigenvalue weighted by atomic mass is 10.1. The quantitative estimate of drug-likeness (QED) is 0.863. The van der Waals surface area contributed by atoms with Crippen LogP contribution in [0.4, 0.5) is 11.4 Å². The van der Waals surface area contributed by atoms with Crippen molar-refractivity contribution in [3.8, 4) is 0 Å². The van der Waals surface area contributed by atoms with E-state index >= 15 is 0 Å². The largest absolute Gasteiger partial charge is 0.398 e. The minimum atomic E-state index is 0.0802. The standard InChI is InChI=1S/C16H15ClN2O/c17-12-4-1-3-11(9-12)10-16(20)19-8-7-13-14(18)5-2-6-15(13)19/h1-6,9H,7-8,10,18H2. The van der Waals surface area contributed by atoms with Gasteiger partial charge in [-0.15, -0.1) is 0 Å². The lowest BCUT2D eigenvalue weighted by Gasteiger charge is -2.17. The highest BCUT2D eigenvalue weighted by molar-refractivity contribution is 6.30. The van der Waals surface area contributed by atoms with Crippen molar-refractivity contribution in [3.05, 3.63) is 58.6 Å². The Labute approximate surface area is 123 Å². The van der Waals surface area contributed by atoms with Gasteiger partial charge in [-0.2, -0.15) is 0 Å². The topological polar surface area (TPSA) is 46.3 Å². The second kappa shape index (κ2) is 5.17. The number of amides is 1. The number of rotatable bonds is 2. The number of benzene rings is 2. The number of fused-ring (bicyclic) bond motifs is 1. The fourth-order valence-corrected chi connectivity index (χ4v) is 2.85. The Balaban J connectivity index is 1.82. The average molecular weight is 287 g/mol. The number of hydrogen-bond acceptors (Lipinski definition) is 2. The zero-order chi connectivity index (χ0) is 14.1. The Morgan fingerprint density at radius 1 is 1.25 bits per heavy atom. The normalized spacial score (nSPS) is 13.3. The SMILES string of the molecule is Nc1cccc2c1CCN2C(=O)Cc1cccc(Cl)c1. The second-order valence-corrected chi connectivity index (χ2v) is 5.38. The van der Waals surface area contributed by atoms with Gasteiger partial charge in [-0.05, 0) is 36.2 Å². The highest BCUT2D eigenvalue weighted by atomic mass is 35.5. The molecule has 3 rings (SSSR count). The number of halogens is 1. The molecule has 0 fully saturated rings. The summed E-state index contributed by atoms with van der Waals surface area (Å²) in [6.07, 6.45) is 1.18. The molecular weight excluding hydrogens is 272 g/mol. The molecule has 0 saturated carbocycles. The van der Waals surface area contributed by atoms with E-state index in [2.05, 4.69) is 0 Å². The summed E-state index contributed by atoms with van der Waals surface area (Å²) in [5, 5.41) is 0.654. The third kappa shape index (κ3) is 2.37. The summed E-state index contributed by atoms with van der Waals surface area (Å²) in [4.78, 5) is 14.3. The minimum absolute atomic E-state index is 0.0802. The molecule has 2 N–H and O–H groups in total. The van der Waals surface area contributed by atoms with Crippen LogP contribution in [0.25, 0.3) is 0 Å². The van der Waals surface area contributed by atoms with E-state index in [0.717, 1.165) is 28.9 Å². The van der Waals surface area contributed by atoms with Gasteiger partial charge in [0.25, 0.3) is 0 Å². The van der Waals surface area contributed by atoms with Crippen LogP contribution in [0.3, 0.4) is 0 Å². The van der Waals surface area contributed by atoms with Crippen LogP contribution in [0.1, 0.15) is 11.1 Å². The summed E-state index contributed by atoms with van der Waals surface area (Å²) in [5.74, 6) is 0.0802. The van der Waals surface area contributed by atoms with Crippen molar-refractivity contribution in [3.63, 3.8) is 0 Å². The molecule has 0 aliphatic carbocycles. The van der Waals surface area contributed by atoms with E-state index in [4.69, 9.17) is 17.3 Å². The summed E-state index contributed by atoms with van der Waals surface area (Å²) in [6.45, 7) is 0.697. The van der Waals surface area contributed by atoms with Crippen LogP contribution in [-0.4, -0.2) is 12.5 Å².